The molecule has 4 aromatic rings. The summed E-state index contributed by atoms with van der Waals surface area (Å²) in [6, 6.07) is 17.5. The van der Waals surface area contributed by atoms with E-state index in [1.54, 1.807) is 30.3 Å². The van der Waals surface area contributed by atoms with Gasteiger partial charge in [0.25, 0.3) is 0 Å². The Labute approximate surface area is 242 Å². The van der Waals surface area contributed by atoms with Crippen LogP contribution in [0.5, 0.6) is 0 Å². The Morgan fingerprint density at radius 3 is 1.76 bits per heavy atom. The van der Waals surface area contributed by atoms with E-state index in [9.17, 15) is 0 Å². The van der Waals surface area contributed by atoms with Crippen molar-refractivity contribution in [2.75, 3.05) is 16.2 Å². The highest BCUT2D eigenvalue weighted by Gasteiger charge is 2.08. The second kappa shape index (κ2) is 12.6. The summed E-state index contributed by atoms with van der Waals surface area (Å²) in [6.07, 6.45) is 2.93. The summed E-state index contributed by atoms with van der Waals surface area (Å²) in [5, 5.41) is 13.7. The van der Waals surface area contributed by atoms with E-state index in [2.05, 4.69) is 36.3 Å². The number of nitrogens with zero attached hydrogens (tertiary/aromatic N) is 4. The molecule has 0 atom stereocenters. The maximum Gasteiger partial charge on any atom is 0.247 e. The van der Waals surface area contributed by atoms with Crippen molar-refractivity contribution < 1.29 is 0 Å². The number of benzene rings is 3. The van der Waals surface area contributed by atoms with Crippen LogP contribution in [-0.4, -0.2) is 22.4 Å². The van der Waals surface area contributed by atoms with Gasteiger partial charge in [0, 0.05) is 32.9 Å². The average molecular weight is 614 g/mol. The summed E-state index contributed by atoms with van der Waals surface area (Å²) in [7, 11) is 0. The Bertz CT molecular complexity index is 1390. The number of hydrazone groups is 2. The molecule has 0 unspecified atom stereocenters. The molecule has 0 aliphatic heterocycles. The zero-order valence-corrected chi connectivity index (χ0v) is 23.0. The second-order valence-electron chi connectivity index (χ2n) is 7.27. The fourth-order valence-electron chi connectivity index (χ4n) is 2.96. The number of hydrogen-bond acceptors (Lipinski definition) is 7. The Morgan fingerprint density at radius 1 is 0.622 bits per heavy atom. The first-order valence-electron chi connectivity index (χ1n) is 10.4. The maximum atomic E-state index is 6.23. The van der Waals surface area contributed by atoms with Crippen LogP contribution in [-0.2, 0) is 0 Å². The Balaban J connectivity index is 1.58. The highest BCUT2D eigenvalue weighted by molar-refractivity contribution is 6.45. The maximum absolute atomic E-state index is 6.23. The van der Waals surface area contributed by atoms with Crippen LogP contribution in [0.25, 0.3) is 0 Å². The third kappa shape index (κ3) is 7.61. The van der Waals surface area contributed by atoms with Gasteiger partial charge >= 0.3 is 0 Å². The Kier molecular flexibility index (Phi) is 9.32. The van der Waals surface area contributed by atoms with Crippen molar-refractivity contribution in [2.45, 2.75) is 0 Å². The minimum Gasteiger partial charge on any atom is -0.340 e. The molecule has 188 valence electrons. The van der Waals surface area contributed by atoms with Gasteiger partial charge in [-0.15, -0.1) is 0 Å². The van der Waals surface area contributed by atoms with Gasteiger partial charge in [-0.25, -0.2) is 5.43 Å². The van der Waals surface area contributed by atoms with Crippen LogP contribution in [0.3, 0.4) is 0 Å². The molecule has 3 aromatic carbocycles. The van der Waals surface area contributed by atoms with E-state index in [0.717, 1.165) is 5.69 Å². The monoisotopic (exact) mass is 611 g/mol. The van der Waals surface area contributed by atoms with Gasteiger partial charge in [-0.2, -0.15) is 20.2 Å². The van der Waals surface area contributed by atoms with Crippen molar-refractivity contribution in [3.05, 3.63) is 102 Å². The minimum atomic E-state index is 0.169. The first-order chi connectivity index (χ1) is 17.8. The predicted octanol–water partition coefficient (Wildman–Crippen LogP) is 9.03. The molecule has 0 spiro atoms. The standard InChI is InChI=1S/C24H15Cl6N7/c25-15-6-13(22(29)18(27)8-15)11-31-36-21-10-20(33-17-4-2-1-3-5-17)34-24(35-21)37-32-12-14-7-16(26)9-19(28)23(14)30/h1-12H,(H3,33,34,35,36,37). The molecule has 3 N–H and O–H groups in total. The number of nitrogens with one attached hydrogen (secondary N) is 3. The van der Waals surface area contributed by atoms with Crippen molar-refractivity contribution in [2.24, 2.45) is 10.2 Å². The Morgan fingerprint density at radius 2 is 1.16 bits per heavy atom. The summed E-state index contributed by atoms with van der Waals surface area (Å²) >= 11 is 36.7. The van der Waals surface area contributed by atoms with Gasteiger partial charge in [0.1, 0.15) is 5.82 Å². The van der Waals surface area contributed by atoms with Gasteiger partial charge in [0.2, 0.25) is 5.95 Å². The normalized spacial score (nSPS) is 11.3. The smallest absolute Gasteiger partial charge is 0.247 e. The van der Waals surface area contributed by atoms with E-state index in [4.69, 9.17) is 69.6 Å². The number of hydrogen-bond donors (Lipinski definition) is 3. The zero-order valence-electron chi connectivity index (χ0n) is 18.5. The summed E-state index contributed by atoms with van der Waals surface area (Å²) in [4.78, 5) is 8.82. The van der Waals surface area contributed by atoms with Crippen LogP contribution in [0.2, 0.25) is 30.1 Å². The van der Waals surface area contributed by atoms with Gasteiger partial charge in [-0.1, -0.05) is 87.8 Å². The minimum absolute atomic E-state index is 0.169. The van der Waals surface area contributed by atoms with Crippen molar-refractivity contribution in [1.29, 1.82) is 0 Å². The number of aromatic nitrogens is 2. The molecule has 0 bridgehead atoms. The molecular weight excluding hydrogens is 599 g/mol. The number of rotatable bonds is 8. The molecular formula is C24H15Cl6N7. The number of halogens is 6. The van der Waals surface area contributed by atoms with E-state index in [1.807, 2.05) is 30.3 Å². The molecule has 0 saturated heterocycles. The molecule has 0 aliphatic carbocycles. The molecule has 0 fully saturated rings. The molecule has 0 aliphatic rings. The van der Waals surface area contributed by atoms with Crippen LogP contribution in [0.4, 0.5) is 23.3 Å². The number of para-hydroxylation sites is 1. The zero-order chi connectivity index (χ0) is 26.4. The van der Waals surface area contributed by atoms with Crippen molar-refractivity contribution >= 4 is 105 Å². The molecule has 1 aromatic heterocycles. The first-order valence-corrected chi connectivity index (χ1v) is 12.6. The Hall–Kier alpha value is -2.78. The summed E-state index contributed by atoms with van der Waals surface area (Å²) in [6.45, 7) is 0. The fourth-order valence-corrected chi connectivity index (χ4v) is 4.29. The third-order valence-corrected chi connectivity index (χ3v) is 6.64. The lowest BCUT2D eigenvalue weighted by Crippen LogP contribution is -2.04. The summed E-state index contributed by atoms with van der Waals surface area (Å²) < 4.78 is 0. The molecule has 7 nitrogen and oxygen atoms in total. The van der Waals surface area contributed by atoms with Crippen LogP contribution < -0.4 is 16.2 Å². The molecule has 4 rings (SSSR count). The van der Waals surface area contributed by atoms with Gasteiger partial charge in [0.15, 0.2) is 5.82 Å². The van der Waals surface area contributed by atoms with Gasteiger partial charge in [-0.05, 0) is 36.4 Å². The topological polar surface area (TPSA) is 86.6 Å². The van der Waals surface area contributed by atoms with Gasteiger partial charge in [-0.3, -0.25) is 5.43 Å². The summed E-state index contributed by atoms with van der Waals surface area (Å²) in [5.74, 6) is 1.00. The summed E-state index contributed by atoms with van der Waals surface area (Å²) in [5.41, 5.74) is 7.49. The van der Waals surface area contributed by atoms with Crippen LogP contribution in [0, 0.1) is 0 Å². The largest absolute Gasteiger partial charge is 0.340 e. The van der Waals surface area contributed by atoms with E-state index in [-0.39, 0.29) is 5.95 Å². The van der Waals surface area contributed by atoms with E-state index >= 15 is 0 Å². The van der Waals surface area contributed by atoms with Crippen LogP contribution in [0.1, 0.15) is 11.1 Å². The van der Waals surface area contributed by atoms with E-state index in [1.165, 1.54) is 12.4 Å². The lowest BCUT2D eigenvalue weighted by molar-refractivity contribution is 1.10. The van der Waals surface area contributed by atoms with E-state index in [0.29, 0.717) is 52.9 Å². The first kappa shape index (κ1) is 27.3. The average Bonchev–Trinajstić information content (AvgIpc) is 2.85. The van der Waals surface area contributed by atoms with Crippen LogP contribution >= 0.6 is 69.6 Å². The third-order valence-electron chi connectivity index (χ3n) is 4.57. The lowest BCUT2D eigenvalue weighted by atomic mass is 10.2. The molecule has 0 radical (unpaired) electrons. The molecule has 0 amide bonds. The van der Waals surface area contributed by atoms with Crippen LogP contribution in [0.15, 0.2) is 70.9 Å². The van der Waals surface area contributed by atoms with E-state index < -0.39 is 0 Å². The molecule has 13 heteroatoms. The molecule has 1 heterocycles. The second-order valence-corrected chi connectivity index (χ2v) is 9.72. The predicted molar refractivity (Wildman–Crippen MR) is 157 cm³/mol. The van der Waals surface area contributed by atoms with Gasteiger partial charge < -0.3 is 5.32 Å². The van der Waals surface area contributed by atoms with Crippen molar-refractivity contribution in [3.63, 3.8) is 0 Å². The number of anilines is 4. The lowest BCUT2D eigenvalue weighted by Gasteiger charge is -2.09. The SMILES string of the molecule is Clc1cc(Cl)c(Cl)c(C=NNc2cc(Nc3ccccc3)nc(NN=Cc3cc(Cl)cc(Cl)c3Cl)n2)c1. The van der Waals surface area contributed by atoms with Crippen molar-refractivity contribution in [3.8, 4) is 0 Å². The fraction of sp³-hybridized carbons (Fsp3) is 0. The highest BCUT2D eigenvalue weighted by Crippen LogP contribution is 2.30. The molecule has 37 heavy (non-hydrogen) atoms. The molecule has 0 saturated carbocycles. The van der Waals surface area contributed by atoms with Crippen molar-refractivity contribution in [1.82, 2.24) is 9.97 Å². The highest BCUT2D eigenvalue weighted by atomic mass is 35.5. The van der Waals surface area contributed by atoms with Gasteiger partial charge in [0.05, 0.1) is 32.5 Å². The quantitative estimate of drug-likeness (QED) is 0.105.